The van der Waals surface area contributed by atoms with Gasteiger partial charge in [-0.15, -0.1) is 0 Å². The summed E-state index contributed by atoms with van der Waals surface area (Å²) in [6, 6.07) is 0.663. The fourth-order valence-electron chi connectivity index (χ4n) is 4.56. The number of rotatable bonds is 6. The van der Waals surface area contributed by atoms with Gasteiger partial charge in [-0.25, -0.2) is 0 Å². The van der Waals surface area contributed by atoms with E-state index in [1.54, 1.807) is 0 Å². The average Bonchev–Trinajstić information content (AvgIpc) is 2.69. The first-order valence-corrected chi connectivity index (χ1v) is 10.2. The summed E-state index contributed by atoms with van der Waals surface area (Å²) in [5, 5.41) is 12.4. The van der Waals surface area contributed by atoms with Crippen molar-refractivity contribution >= 4 is 5.91 Å². The number of aliphatic hydroxyl groups is 1. The van der Waals surface area contributed by atoms with Gasteiger partial charge in [0.2, 0.25) is 5.91 Å². The number of amides is 1. The average molecular weight is 354 g/mol. The molecule has 6 heteroatoms. The molecule has 3 fully saturated rings. The van der Waals surface area contributed by atoms with Gasteiger partial charge in [0.1, 0.15) is 0 Å². The molecule has 0 aromatic heterocycles. The predicted octanol–water partition coefficient (Wildman–Crippen LogP) is 0.698. The summed E-state index contributed by atoms with van der Waals surface area (Å²) in [4.78, 5) is 17.4. The lowest BCUT2D eigenvalue weighted by Gasteiger charge is -2.38. The van der Waals surface area contributed by atoms with E-state index in [9.17, 15) is 9.90 Å². The van der Waals surface area contributed by atoms with Crippen molar-refractivity contribution in [3.63, 3.8) is 0 Å². The molecule has 0 aliphatic carbocycles. The molecular weight excluding hydrogens is 318 g/mol. The lowest BCUT2D eigenvalue weighted by Crippen LogP contribution is -2.47. The maximum absolute atomic E-state index is 12.4. The van der Waals surface area contributed by atoms with Gasteiger partial charge in [-0.05, 0) is 64.1 Å². The largest absolute Gasteiger partial charge is 0.396 e. The van der Waals surface area contributed by atoms with Crippen LogP contribution in [-0.4, -0.2) is 85.9 Å². The highest BCUT2D eigenvalue weighted by atomic mass is 16.5. The number of likely N-dealkylation sites (tertiary alicyclic amines) is 2. The molecule has 1 atom stereocenters. The zero-order valence-electron chi connectivity index (χ0n) is 15.5. The van der Waals surface area contributed by atoms with Crippen molar-refractivity contribution < 1.29 is 14.6 Å². The number of aliphatic hydroxyl groups excluding tert-OH is 1. The predicted molar refractivity (Wildman–Crippen MR) is 97.4 cm³/mol. The van der Waals surface area contributed by atoms with E-state index in [1.165, 1.54) is 0 Å². The standard InChI is InChI=1S/C19H35N3O3/c23-15-16-2-1-8-21(14-16)11-7-20-19(24)17-3-9-22(10-4-17)18-5-12-25-13-6-18/h16-18,23H,1-15H2,(H,20,24). The number of hydrogen-bond donors (Lipinski definition) is 2. The van der Waals surface area contributed by atoms with Gasteiger partial charge in [0.25, 0.3) is 0 Å². The fraction of sp³-hybridized carbons (Fsp3) is 0.947. The molecule has 2 N–H and O–H groups in total. The van der Waals surface area contributed by atoms with Crippen molar-refractivity contribution in [2.75, 3.05) is 59.1 Å². The van der Waals surface area contributed by atoms with E-state index in [2.05, 4.69) is 15.1 Å². The molecule has 3 heterocycles. The Hall–Kier alpha value is -0.690. The van der Waals surface area contributed by atoms with Crippen LogP contribution in [0, 0.1) is 11.8 Å². The lowest BCUT2D eigenvalue weighted by atomic mass is 9.93. The van der Waals surface area contributed by atoms with Gasteiger partial charge in [-0.3, -0.25) is 4.79 Å². The lowest BCUT2D eigenvalue weighted by molar-refractivity contribution is -0.126. The van der Waals surface area contributed by atoms with Crippen LogP contribution in [0.25, 0.3) is 0 Å². The number of nitrogens with one attached hydrogen (secondary N) is 1. The van der Waals surface area contributed by atoms with Crippen LogP contribution in [0.1, 0.15) is 38.5 Å². The van der Waals surface area contributed by atoms with E-state index in [-0.39, 0.29) is 18.4 Å². The smallest absolute Gasteiger partial charge is 0.223 e. The minimum Gasteiger partial charge on any atom is -0.396 e. The van der Waals surface area contributed by atoms with E-state index in [1.807, 2.05) is 0 Å². The van der Waals surface area contributed by atoms with Crippen LogP contribution >= 0.6 is 0 Å². The maximum Gasteiger partial charge on any atom is 0.223 e. The van der Waals surface area contributed by atoms with E-state index < -0.39 is 0 Å². The van der Waals surface area contributed by atoms with Gasteiger partial charge in [0.05, 0.1) is 0 Å². The number of ether oxygens (including phenoxy) is 1. The molecule has 0 bridgehead atoms. The van der Waals surface area contributed by atoms with Gasteiger partial charge in [0, 0.05) is 51.4 Å². The second-order valence-corrected chi connectivity index (χ2v) is 7.94. The van der Waals surface area contributed by atoms with Crippen LogP contribution in [0.4, 0.5) is 0 Å². The molecule has 0 spiro atoms. The Morgan fingerprint density at radius 2 is 1.84 bits per heavy atom. The molecule has 3 aliphatic rings. The third kappa shape index (κ3) is 5.64. The minimum atomic E-state index is 0.183. The quantitative estimate of drug-likeness (QED) is 0.736. The van der Waals surface area contributed by atoms with Gasteiger partial charge in [-0.1, -0.05) is 0 Å². The van der Waals surface area contributed by atoms with Crippen LogP contribution in [0.15, 0.2) is 0 Å². The van der Waals surface area contributed by atoms with Crippen molar-refractivity contribution in [1.82, 2.24) is 15.1 Å². The number of carbonyl (C=O) groups is 1. The Morgan fingerprint density at radius 3 is 2.56 bits per heavy atom. The van der Waals surface area contributed by atoms with E-state index in [4.69, 9.17) is 4.74 Å². The molecule has 25 heavy (non-hydrogen) atoms. The summed E-state index contributed by atoms with van der Waals surface area (Å²) in [6.45, 7) is 7.86. The summed E-state index contributed by atoms with van der Waals surface area (Å²) in [6.07, 6.45) is 6.54. The number of nitrogens with zero attached hydrogens (tertiary/aromatic N) is 2. The Balaban J connectivity index is 1.31. The SMILES string of the molecule is O=C(NCCN1CCCC(CO)C1)C1CCN(C2CCOCC2)CC1. The Kier molecular flexibility index (Phi) is 7.52. The summed E-state index contributed by atoms with van der Waals surface area (Å²) >= 11 is 0. The van der Waals surface area contributed by atoms with Crippen LogP contribution in [0.2, 0.25) is 0 Å². The zero-order chi connectivity index (χ0) is 17.5. The normalized spacial score (nSPS) is 28.1. The van der Waals surface area contributed by atoms with Gasteiger partial charge in [-0.2, -0.15) is 0 Å². The van der Waals surface area contributed by atoms with Crippen LogP contribution in [0.5, 0.6) is 0 Å². The first kappa shape index (κ1) is 19.1. The monoisotopic (exact) mass is 353 g/mol. The van der Waals surface area contributed by atoms with Crippen molar-refractivity contribution in [1.29, 1.82) is 0 Å². The summed E-state index contributed by atoms with van der Waals surface area (Å²) in [5.41, 5.74) is 0. The minimum absolute atomic E-state index is 0.183. The van der Waals surface area contributed by atoms with Crippen molar-refractivity contribution in [3.8, 4) is 0 Å². The summed E-state index contributed by atoms with van der Waals surface area (Å²) < 4.78 is 5.45. The molecule has 0 aromatic carbocycles. The van der Waals surface area contributed by atoms with Gasteiger partial charge in [0.15, 0.2) is 0 Å². The molecule has 144 valence electrons. The molecular formula is C19H35N3O3. The van der Waals surface area contributed by atoms with Crippen molar-refractivity contribution in [3.05, 3.63) is 0 Å². The van der Waals surface area contributed by atoms with Crippen LogP contribution in [0.3, 0.4) is 0 Å². The van der Waals surface area contributed by atoms with Crippen LogP contribution in [-0.2, 0) is 9.53 Å². The number of piperidine rings is 2. The molecule has 3 rings (SSSR count). The number of carbonyl (C=O) groups excluding carboxylic acids is 1. The van der Waals surface area contributed by atoms with Gasteiger partial charge < -0.3 is 25.0 Å². The maximum atomic E-state index is 12.4. The molecule has 3 aliphatic heterocycles. The molecule has 3 saturated heterocycles. The highest BCUT2D eigenvalue weighted by molar-refractivity contribution is 5.78. The molecule has 0 aromatic rings. The molecule has 1 unspecified atom stereocenters. The molecule has 1 amide bonds. The first-order valence-electron chi connectivity index (χ1n) is 10.2. The highest BCUT2D eigenvalue weighted by Crippen LogP contribution is 2.23. The fourth-order valence-corrected chi connectivity index (χ4v) is 4.56. The molecule has 0 radical (unpaired) electrons. The second kappa shape index (κ2) is 9.86. The van der Waals surface area contributed by atoms with E-state index in [0.717, 1.165) is 91.0 Å². The second-order valence-electron chi connectivity index (χ2n) is 7.94. The van der Waals surface area contributed by atoms with Gasteiger partial charge >= 0.3 is 0 Å². The third-order valence-corrected chi connectivity index (χ3v) is 6.20. The van der Waals surface area contributed by atoms with Crippen molar-refractivity contribution in [2.45, 2.75) is 44.6 Å². The summed E-state index contributed by atoms with van der Waals surface area (Å²) in [5.74, 6) is 0.837. The van der Waals surface area contributed by atoms with E-state index in [0.29, 0.717) is 12.0 Å². The highest BCUT2D eigenvalue weighted by Gasteiger charge is 2.29. The summed E-state index contributed by atoms with van der Waals surface area (Å²) in [7, 11) is 0. The molecule has 6 nitrogen and oxygen atoms in total. The van der Waals surface area contributed by atoms with Crippen LogP contribution < -0.4 is 5.32 Å². The van der Waals surface area contributed by atoms with Crippen molar-refractivity contribution in [2.24, 2.45) is 11.8 Å². The Morgan fingerprint density at radius 1 is 1.08 bits per heavy atom. The third-order valence-electron chi connectivity index (χ3n) is 6.20. The molecule has 0 saturated carbocycles. The Bertz CT molecular complexity index is 407. The number of hydrogen-bond acceptors (Lipinski definition) is 5. The first-order chi connectivity index (χ1) is 12.3. The topological polar surface area (TPSA) is 65.0 Å². The Labute approximate surface area is 151 Å². The van der Waals surface area contributed by atoms with E-state index >= 15 is 0 Å². The zero-order valence-corrected chi connectivity index (χ0v) is 15.5.